The monoisotopic (exact) mass is 583 g/mol. The fourth-order valence-electron chi connectivity index (χ4n) is 4.21. The van der Waals surface area contributed by atoms with Gasteiger partial charge in [0.1, 0.15) is 21.7 Å². The van der Waals surface area contributed by atoms with E-state index in [1.807, 2.05) is 40.0 Å². The second-order valence-corrected chi connectivity index (χ2v) is 12.6. The number of aromatic nitrogens is 1. The summed E-state index contributed by atoms with van der Waals surface area (Å²) >= 11 is 4.71. The zero-order valence-corrected chi connectivity index (χ0v) is 24.8. The molecule has 3 rings (SSSR count). The van der Waals surface area contributed by atoms with E-state index in [1.54, 1.807) is 37.5 Å². The van der Waals surface area contributed by atoms with Crippen LogP contribution in [0.2, 0.25) is 0 Å². The third kappa shape index (κ3) is 6.07. The summed E-state index contributed by atoms with van der Waals surface area (Å²) in [4.78, 5) is 34.3. The number of likely N-dealkylation sites (tertiary alicyclic amines) is 1. The Labute approximate surface area is 225 Å². The lowest BCUT2D eigenvalue weighted by Gasteiger charge is -2.34. The predicted octanol–water partition coefficient (Wildman–Crippen LogP) is 7.23. The summed E-state index contributed by atoms with van der Waals surface area (Å²) in [6, 6.07) is 1.44. The Balaban J connectivity index is 2.19. The van der Waals surface area contributed by atoms with Gasteiger partial charge < -0.3 is 14.4 Å². The molecule has 10 heteroatoms. The number of carbonyl (C=O) groups is 2. The van der Waals surface area contributed by atoms with Gasteiger partial charge in [0.2, 0.25) is 0 Å². The molecule has 0 saturated carbocycles. The van der Waals surface area contributed by atoms with Crippen LogP contribution in [0.5, 0.6) is 0 Å². The van der Waals surface area contributed by atoms with Gasteiger partial charge in [-0.15, -0.1) is 11.8 Å². The molecule has 0 aliphatic carbocycles. The van der Waals surface area contributed by atoms with Gasteiger partial charge in [0, 0.05) is 24.0 Å². The van der Waals surface area contributed by atoms with Crippen LogP contribution >= 0.6 is 27.7 Å². The van der Waals surface area contributed by atoms with Crippen molar-refractivity contribution < 1.29 is 23.5 Å². The summed E-state index contributed by atoms with van der Waals surface area (Å²) in [7, 11) is 0. The summed E-state index contributed by atoms with van der Waals surface area (Å²) in [5, 5.41) is 1.13. The first-order valence-electron chi connectivity index (χ1n) is 11.9. The largest absolute Gasteiger partial charge is 0.444 e. The quantitative estimate of drug-likeness (QED) is 0.355. The van der Waals surface area contributed by atoms with Gasteiger partial charge in [-0.05, 0) is 95.6 Å². The number of carbonyl (C=O) groups excluding carboxylic acids is 2. The molecule has 7 nitrogen and oxygen atoms in total. The smallest absolute Gasteiger partial charge is 0.415 e. The van der Waals surface area contributed by atoms with Gasteiger partial charge >= 0.3 is 12.2 Å². The molecular weight excluding hydrogens is 549 g/mol. The first kappa shape index (κ1) is 28.5. The van der Waals surface area contributed by atoms with Crippen LogP contribution in [0.25, 0.3) is 10.9 Å². The van der Waals surface area contributed by atoms with E-state index in [9.17, 15) is 9.59 Å². The Bertz CT molecular complexity index is 1190. The molecule has 2 heterocycles. The van der Waals surface area contributed by atoms with E-state index in [0.717, 1.165) is 5.56 Å². The molecule has 1 aliphatic heterocycles. The SMILES string of the molecule is CSc1nc2c(F)c(Br)c(C)cc2c(N(C(=O)OC(C)(C)C)C2CCN(C(=O)OC(C)(C)C)C2)c1C. The number of anilines is 1. The number of amides is 2. The number of ether oxygens (including phenoxy) is 2. The molecule has 1 aliphatic rings. The molecular formula is C26H35BrFN3O4S. The van der Waals surface area contributed by atoms with Crippen LogP contribution in [0.3, 0.4) is 0 Å². The van der Waals surface area contributed by atoms with Crippen molar-refractivity contribution in [3.63, 3.8) is 0 Å². The molecule has 1 saturated heterocycles. The molecule has 0 bridgehead atoms. The van der Waals surface area contributed by atoms with Gasteiger partial charge in [0.25, 0.3) is 0 Å². The number of aryl methyl sites for hydroxylation is 1. The first-order chi connectivity index (χ1) is 16.5. The van der Waals surface area contributed by atoms with Crippen LogP contribution in [0.15, 0.2) is 15.6 Å². The number of halogens is 2. The van der Waals surface area contributed by atoms with Crippen molar-refractivity contribution in [2.75, 3.05) is 24.2 Å². The van der Waals surface area contributed by atoms with E-state index in [1.165, 1.54) is 11.8 Å². The van der Waals surface area contributed by atoms with Crippen molar-refractivity contribution in [1.82, 2.24) is 9.88 Å². The van der Waals surface area contributed by atoms with E-state index in [0.29, 0.717) is 39.1 Å². The molecule has 2 aromatic rings. The van der Waals surface area contributed by atoms with Crippen molar-refractivity contribution >= 4 is 56.5 Å². The summed E-state index contributed by atoms with van der Waals surface area (Å²) in [6.45, 7) is 15.2. The summed E-state index contributed by atoms with van der Waals surface area (Å²) in [5.41, 5.74) is 0.774. The van der Waals surface area contributed by atoms with Crippen molar-refractivity contribution in [1.29, 1.82) is 0 Å². The molecule has 1 atom stereocenters. The number of nitrogens with zero attached hydrogens (tertiary/aromatic N) is 3. The number of hydrogen-bond donors (Lipinski definition) is 0. The van der Waals surface area contributed by atoms with E-state index in [-0.39, 0.29) is 12.1 Å². The molecule has 198 valence electrons. The Kier molecular flexibility index (Phi) is 8.20. The summed E-state index contributed by atoms with van der Waals surface area (Å²) in [5.74, 6) is -0.479. The van der Waals surface area contributed by atoms with E-state index in [4.69, 9.17) is 9.47 Å². The van der Waals surface area contributed by atoms with E-state index >= 15 is 4.39 Å². The Morgan fingerprint density at radius 2 is 1.78 bits per heavy atom. The zero-order valence-electron chi connectivity index (χ0n) is 22.4. The standard InChI is InChI=1S/C26H35BrFN3O4S/c1-14-12-17-20(19(28)18(14)27)29-22(36-9)15(2)21(17)31(24(33)35-26(6,7)8)16-10-11-30(13-16)23(32)34-25(3,4)5/h12,16H,10-11,13H2,1-9H3. The minimum absolute atomic E-state index is 0.174. The lowest BCUT2D eigenvalue weighted by atomic mass is 10.0. The molecule has 36 heavy (non-hydrogen) atoms. The number of rotatable bonds is 3. The maximum atomic E-state index is 15.4. The highest BCUT2D eigenvalue weighted by Crippen LogP contribution is 2.41. The molecule has 1 aromatic heterocycles. The van der Waals surface area contributed by atoms with Crippen LogP contribution in [-0.2, 0) is 9.47 Å². The number of thioether (sulfide) groups is 1. The molecule has 1 aromatic carbocycles. The number of fused-ring (bicyclic) bond motifs is 1. The lowest BCUT2D eigenvalue weighted by molar-refractivity contribution is 0.0287. The average Bonchev–Trinajstić information content (AvgIpc) is 3.21. The van der Waals surface area contributed by atoms with Gasteiger partial charge in [-0.3, -0.25) is 4.90 Å². The number of pyridine rings is 1. The third-order valence-electron chi connectivity index (χ3n) is 5.71. The maximum absolute atomic E-state index is 15.4. The molecule has 1 fully saturated rings. The number of hydrogen-bond acceptors (Lipinski definition) is 6. The average molecular weight is 585 g/mol. The second kappa shape index (κ2) is 10.4. The minimum Gasteiger partial charge on any atom is -0.444 e. The Hall–Kier alpha value is -2.07. The van der Waals surface area contributed by atoms with Crippen molar-refractivity contribution in [3.05, 3.63) is 27.5 Å². The topological polar surface area (TPSA) is 72.0 Å². The van der Waals surface area contributed by atoms with Crippen LogP contribution in [0.4, 0.5) is 19.7 Å². The first-order valence-corrected chi connectivity index (χ1v) is 13.9. The molecule has 0 radical (unpaired) electrons. The Morgan fingerprint density at radius 3 is 2.33 bits per heavy atom. The van der Waals surface area contributed by atoms with Gasteiger partial charge in [-0.1, -0.05) is 0 Å². The lowest BCUT2D eigenvalue weighted by Crippen LogP contribution is -2.46. The molecule has 0 spiro atoms. The van der Waals surface area contributed by atoms with Crippen LogP contribution < -0.4 is 4.90 Å². The van der Waals surface area contributed by atoms with Gasteiger partial charge in [0.15, 0.2) is 5.82 Å². The highest BCUT2D eigenvalue weighted by molar-refractivity contribution is 9.10. The van der Waals surface area contributed by atoms with Crippen LogP contribution in [-0.4, -0.2) is 58.7 Å². The Morgan fingerprint density at radius 1 is 1.17 bits per heavy atom. The summed E-state index contributed by atoms with van der Waals surface area (Å²) in [6.07, 6.45) is 1.40. The molecule has 2 amide bonds. The second-order valence-electron chi connectivity index (χ2n) is 11.0. The number of benzene rings is 1. The van der Waals surface area contributed by atoms with Crippen molar-refractivity contribution in [2.45, 2.75) is 84.1 Å². The highest BCUT2D eigenvalue weighted by Gasteiger charge is 2.39. The fraction of sp³-hybridized carbons (Fsp3) is 0.577. The van der Waals surface area contributed by atoms with E-state index in [2.05, 4.69) is 20.9 Å². The molecule has 0 N–H and O–H groups in total. The predicted molar refractivity (Wildman–Crippen MR) is 146 cm³/mol. The van der Waals surface area contributed by atoms with Gasteiger partial charge in [-0.2, -0.15) is 0 Å². The third-order valence-corrected chi connectivity index (χ3v) is 7.47. The van der Waals surface area contributed by atoms with Gasteiger partial charge in [0.05, 0.1) is 16.2 Å². The maximum Gasteiger partial charge on any atom is 0.415 e. The van der Waals surface area contributed by atoms with Crippen molar-refractivity contribution in [2.24, 2.45) is 0 Å². The summed E-state index contributed by atoms with van der Waals surface area (Å²) < 4.78 is 27.1. The van der Waals surface area contributed by atoms with Crippen molar-refractivity contribution in [3.8, 4) is 0 Å². The van der Waals surface area contributed by atoms with Crippen LogP contribution in [0.1, 0.15) is 59.1 Å². The minimum atomic E-state index is -0.748. The normalized spacial score (nSPS) is 16.4. The highest BCUT2D eigenvalue weighted by atomic mass is 79.9. The zero-order chi connectivity index (χ0) is 27.2. The molecule has 1 unspecified atom stereocenters. The van der Waals surface area contributed by atoms with Gasteiger partial charge in [-0.25, -0.2) is 19.0 Å². The van der Waals surface area contributed by atoms with E-state index < -0.39 is 35.2 Å². The fourth-order valence-corrected chi connectivity index (χ4v) is 5.10. The van der Waals surface area contributed by atoms with Crippen LogP contribution in [0, 0.1) is 19.7 Å².